The van der Waals surface area contributed by atoms with E-state index in [-0.39, 0.29) is 0 Å². The van der Waals surface area contributed by atoms with Gasteiger partial charge in [0.25, 0.3) is 0 Å². The monoisotopic (exact) mass is 385 g/mol. The van der Waals surface area contributed by atoms with Gasteiger partial charge in [-0.05, 0) is 73.4 Å². The zero-order valence-electron chi connectivity index (χ0n) is 16.2. The second kappa shape index (κ2) is 7.02. The van der Waals surface area contributed by atoms with Gasteiger partial charge in [0.1, 0.15) is 17.0 Å². The van der Waals surface area contributed by atoms with Gasteiger partial charge in [-0.2, -0.15) is 0 Å². The number of rotatable bonds is 3. The van der Waals surface area contributed by atoms with E-state index in [0.717, 1.165) is 21.7 Å². The summed E-state index contributed by atoms with van der Waals surface area (Å²) in [5, 5.41) is 6.91. The van der Waals surface area contributed by atoms with E-state index in [1.807, 2.05) is 0 Å². The van der Waals surface area contributed by atoms with Gasteiger partial charge in [-0.25, -0.2) is 9.97 Å². The summed E-state index contributed by atoms with van der Waals surface area (Å²) >= 11 is 1.69. The first kappa shape index (κ1) is 17.4. The van der Waals surface area contributed by atoms with Gasteiger partial charge in [0.2, 0.25) is 0 Å². The van der Waals surface area contributed by atoms with Crippen LogP contribution in [-0.4, -0.2) is 9.97 Å². The maximum atomic E-state index is 4.60. The second-order valence-electron chi connectivity index (χ2n) is 7.69. The number of benzene rings is 2. The predicted molar refractivity (Wildman–Crippen MR) is 119 cm³/mol. The summed E-state index contributed by atoms with van der Waals surface area (Å²) in [6, 6.07) is 13.4. The Morgan fingerprint density at radius 2 is 1.79 bits per heavy atom. The lowest BCUT2D eigenvalue weighted by Gasteiger charge is -2.17. The molecule has 0 spiro atoms. The van der Waals surface area contributed by atoms with Gasteiger partial charge in [0, 0.05) is 16.6 Å². The first-order valence-electron chi connectivity index (χ1n) is 9.88. The average molecular weight is 386 g/mol. The minimum atomic E-state index is 0.882. The molecule has 0 saturated heterocycles. The molecular formula is C24H23N3S. The molecule has 0 amide bonds. The highest BCUT2D eigenvalue weighted by atomic mass is 32.1. The van der Waals surface area contributed by atoms with Crippen LogP contribution >= 0.6 is 11.3 Å². The Hall–Kier alpha value is -2.72. The number of aromatic nitrogens is 2. The number of nitrogens with zero attached hydrogens (tertiary/aromatic N) is 2. The number of fused-ring (bicyclic) bond motifs is 2. The fourth-order valence-corrected chi connectivity index (χ4v) is 5.00. The minimum absolute atomic E-state index is 0.882. The van der Waals surface area contributed by atoms with Crippen molar-refractivity contribution in [1.29, 1.82) is 0 Å². The quantitative estimate of drug-likeness (QED) is 0.432. The van der Waals surface area contributed by atoms with Gasteiger partial charge in [0.05, 0.1) is 5.39 Å². The van der Waals surface area contributed by atoms with Crippen molar-refractivity contribution in [2.45, 2.75) is 39.5 Å². The summed E-state index contributed by atoms with van der Waals surface area (Å²) < 4.78 is 0. The molecule has 2 aromatic heterocycles. The Bertz CT molecular complexity index is 1180. The summed E-state index contributed by atoms with van der Waals surface area (Å²) in [4.78, 5) is 10.2. The van der Waals surface area contributed by atoms with Crippen LogP contribution < -0.4 is 5.32 Å². The molecule has 0 aliphatic heterocycles. The second-order valence-corrected chi connectivity index (χ2v) is 8.54. The molecule has 0 unspecified atom stereocenters. The minimum Gasteiger partial charge on any atom is -0.339 e. The van der Waals surface area contributed by atoms with Crippen molar-refractivity contribution < 1.29 is 0 Å². The number of hydrogen-bond donors (Lipinski definition) is 1. The van der Waals surface area contributed by atoms with E-state index in [1.165, 1.54) is 59.1 Å². The Kier molecular flexibility index (Phi) is 4.36. The van der Waals surface area contributed by atoms with Crippen molar-refractivity contribution in [3.63, 3.8) is 0 Å². The molecule has 0 fully saturated rings. The van der Waals surface area contributed by atoms with E-state index in [9.17, 15) is 0 Å². The van der Waals surface area contributed by atoms with Crippen molar-refractivity contribution in [2.24, 2.45) is 0 Å². The molecule has 0 saturated carbocycles. The first-order valence-corrected chi connectivity index (χ1v) is 10.8. The number of thiophene rings is 1. The highest BCUT2D eigenvalue weighted by Gasteiger charge is 2.16. The lowest BCUT2D eigenvalue weighted by atomic mass is 9.89. The maximum Gasteiger partial charge on any atom is 0.143 e. The van der Waals surface area contributed by atoms with Crippen LogP contribution in [0.5, 0.6) is 0 Å². The van der Waals surface area contributed by atoms with Crippen LogP contribution in [0.15, 0.2) is 48.1 Å². The molecule has 4 aromatic rings. The van der Waals surface area contributed by atoms with E-state index >= 15 is 0 Å². The standard InChI is InChI=1S/C24H23N3S/c1-15-7-8-16(2)21(11-15)27-23-22-20(13-28-24(22)26-14-25-23)19-10-9-17-5-3-4-6-18(17)12-19/h7-14H,3-6H2,1-2H3,(H,25,26,27). The molecule has 1 aliphatic carbocycles. The first-order chi connectivity index (χ1) is 13.7. The molecule has 0 bridgehead atoms. The van der Waals surface area contributed by atoms with Crippen molar-refractivity contribution in [1.82, 2.24) is 9.97 Å². The fraction of sp³-hybridized carbons (Fsp3) is 0.250. The molecule has 0 radical (unpaired) electrons. The molecule has 1 N–H and O–H groups in total. The van der Waals surface area contributed by atoms with Crippen LogP contribution in [0.3, 0.4) is 0 Å². The predicted octanol–water partition coefficient (Wildman–Crippen LogP) is 6.60. The number of hydrogen-bond acceptors (Lipinski definition) is 4. The van der Waals surface area contributed by atoms with Crippen molar-refractivity contribution in [3.8, 4) is 11.1 Å². The van der Waals surface area contributed by atoms with Gasteiger partial charge in [-0.15, -0.1) is 11.3 Å². The van der Waals surface area contributed by atoms with Gasteiger partial charge in [-0.3, -0.25) is 0 Å². The number of aryl methyl sites for hydroxylation is 4. The summed E-state index contributed by atoms with van der Waals surface area (Å²) in [7, 11) is 0. The highest BCUT2D eigenvalue weighted by Crippen LogP contribution is 2.39. The lowest BCUT2D eigenvalue weighted by molar-refractivity contribution is 0.686. The SMILES string of the molecule is Cc1ccc(C)c(Nc2ncnc3scc(-c4ccc5c(c4)CCCC5)c23)c1. The van der Waals surface area contributed by atoms with Crippen LogP contribution in [0, 0.1) is 13.8 Å². The molecule has 2 aromatic carbocycles. The maximum absolute atomic E-state index is 4.60. The lowest BCUT2D eigenvalue weighted by Crippen LogP contribution is -2.02. The van der Waals surface area contributed by atoms with Crippen LogP contribution in [0.1, 0.15) is 35.1 Å². The Labute approximate surface area is 169 Å². The van der Waals surface area contributed by atoms with Crippen LogP contribution in [-0.2, 0) is 12.8 Å². The summed E-state index contributed by atoms with van der Waals surface area (Å²) in [6.45, 7) is 4.24. The smallest absolute Gasteiger partial charge is 0.143 e. The molecule has 28 heavy (non-hydrogen) atoms. The highest BCUT2D eigenvalue weighted by molar-refractivity contribution is 7.17. The molecule has 140 valence electrons. The van der Waals surface area contributed by atoms with E-state index in [1.54, 1.807) is 17.7 Å². The van der Waals surface area contributed by atoms with Crippen LogP contribution in [0.25, 0.3) is 21.3 Å². The zero-order valence-corrected chi connectivity index (χ0v) is 17.1. The molecule has 3 nitrogen and oxygen atoms in total. The van der Waals surface area contributed by atoms with Gasteiger partial charge in [-0.1, -0.05) is 30.3 Å². The molecular weight excluding hydrogens is 362 g/mol. The van der Waals surface area contributed by atoms with E-state index < -0.39 is 0 Å². The molecule has 0 atom stereocenters. The Morgan fingerprint density at radius 3 is 2.68 bits per heavy atom. The third-order valence-electron chi connectivity index (χ3n) is 5.68. The molecule has 5 rings (SSSR count). The van der Waals surface area contributed by atoms with E-state index in [2.05, 4.69) is 70.9 Å². The van der Waals surface area contributed by atoms with Crippen molar-refractivity contribution in [3.05, 3.63) is 70.4 Å². The molecule has 4 heteroatoms. The summed E-state index contributed by atoms with van der Waals surface area (Å²) in [5.41, 5.74) is 9.06. The normalized spacial score (nSPS) is 13.5. The summed E-state index contributed by atoms with van der Waals surface area (Å²) in [6.07, 6.45) is 6.66. The fourth-order valence-electron chi connectivity index (χ4n) is 4.08. The Balaban J connectivity index is 1.62. The molecule has 2 heterocycles. The average Bonchev–Trinajstić information content (AvgIpc) is 3.15. The topological polar surface area (TPSA) is 37.8 Å². The number of nitrogens with one attached hydrogen (secondary N) is 1. The summed E-state index contributed by atoms with van der Waals surface area (Å²) in [5.74, 6) is 0.882. The van der Waals surface area contributed by atoms with Gasteiger partial charge < -0.3 is 5.32 Å². The third-order valence-corrected chi connectivity index (χ3v) is 6.56. The largest absolute Gasteiger partial charge is 0.339 e. The zero-order chi connectivity index (χ0) is 19.1. The van der Waals surface area contributed by atoms with Gasteiger partial charge in [0.15, 0.2) is 0 Å². The van der Waals surface area contributed by atoms with Crippen LogP contribution in [0.4, 0.5) is 11.5 Å². The molecule has 1 aliphatic rings. The van der Waals surface area contributed by atoms with E-state index in [4.69, 9.17) is 0 Å². The third kappa shape index (κ3) is 3.08. The van der Waals surface area contributed by atoms with Crippen LogP contribution in [0.2, 0.25) is 0 Å². The van der Waals surface area contributed by atoms with E-state index in [0.29, 0.717) is 0 Å². The van der Waals surface area contributed by atoms with Crippen molar-refractivity contribution in [2.75, 3.05) is 5.32 Å². The van der Waals surface area contributed by atoms with Gasteiger partial charge >= 0.3 is 0 Å². The van der Waals surface area contributed by atoms with Crippen molar-refractivity contribution >= 4 is 33.1 Å². The Morgan fingerprint density at radius 1 is 0.929 bits per heavy atom. The number of anilines is 2.